The Morgan fingerprint density at radius 1 is 1.06 bits per heavy atom. The Kier molecular flexibility index (Phi) is 4.69. The van der Waals surface area contributed by atoms with E-state index in [2.05, 4.69) is 41.8 Å². The van der Waals surface area contributed by atoms with Gasteiger partial charge in [0.25, 0.3) is 0 Å². The maximum atomic E-state index is 5.34. The largest absolute Gasteiger partial charge is 0.379 e. The van der Waals surface area contributed by atoms with Crippen LogP contribution in [0.25, 0.3) is 0 Å². The highest BCUT2D eigenvalue weighted by Crippen LogP contribution is 2.09. The first-order chi connectivity index (χ1) is 7.88. The van der Waals surface area contributed by atoms with Crippen LogP contribution in [0.5, 0.6) is 0 Å². The summed E-state index contributed by atoms with van der Waals surface area (Å²) < 4.78 is 5.34. The van der Waals surface area contributed by atoms with E-state index in [4.69, 9.17) is 4.74 Å². The molecule has 0 unspecified atom stereocenters. The number of ether oxygens (including phenoxy) is 1. The molecule has 1 aromatic rings. The van der Waals surface area contributed by atoms with Gasteiger partial charge in [0, 0.05) is 19.6 Å². The summed E-state index contributed by atoms with van der Waals surface area (Å²) in [5.74, 6) is 0.919. The molecule has 0 saturated carbocycles. The lowest BCUT2D eigenvalue weighted by Gasteiger charge is -2.26. The van der Waals surface area contributed by atoms with Crippen molar-refractivity contribution in [1.29, 1.82) is 0 Å². The molecule has 0 aliphatic carbocycles. The van der Waals surface area contributed by atoms with Gasteiger partial charge in [-0.15, -0.1) is 0 Å². The van der Waals surface area contributed by atoms with Gasteiger partial charge in [0.05, 0.1) is 13.2 Å². The van der Waals surface area contributed by atoms with Crippen LogP contribution in [0.1, 0.15) is 11.1 Å². The molecule has 0 amide bonds. The lowest BCUT2D eigenvalue weighted by atomic mass is 10.1. The Labute approximate surface area is 103 Å². The molecule has 0 aromatic heterocycles. The number of rotatable bonds is 4. The third-order valence-electron chi connectivity index (χ3n) is 2.93. The molecule has 1 aliphatic rings. The van der Waals surface area contributed by atoms with Crippen molar-refractivity contribution >= 4 is 12.6 Å². The summed E-state index contributed by atoms with van der Waals surface area (Å²) in [5, 5.41) is 0. The van der Waals surface area contributed by atoms with Crippen molar-refractivity contribution in [2.75, 3.05) is 32.1 Å². The summed E-state index contributed by atoms with van der Waals surface area (Å²) in [7, 11) is 0. The van der Waals surface area contributed by atoms with Gasteiger partial charge in [-0.3, -0.25) is 4.90 Å². The quantitative estimate of drug-likeness (QED) is 0.804. The lowest BCUT2D eigenvalue weighted by molar-refractivity contribution is 0.0342. The normalized spacial score (nSPS) is 17.6. The molecular formula is C13H19NOS. The summed E-state index contributed by atoms with van der Waals surface area (Å²) in [6, 6.07) is 8.89. The van der Waals surface area contributed by atoms with Gasteiger partial charge >= 0.3 is 0 Å². The second kappa shape index (κ2) is 6.28. The van der Waals surface area contributed by atoms with E-state index in [0.717, 1.165) is 45.0 Å². The summed E-state index contributed by atoms with van der Waals surface area (Å²) in [5.41, 5.74) is 2.77. The number of hydrogen-bond donors (Lipinski definition) is 1. The smallest absolute Gasteiger partial charge is 0.0594 e. The molecule has 0 bridgehead atoms. The molecule has 0 spiro atoms. The van der Waals surface area contributed by atoms with E-state index >= 15 is 0 Å². The highest BCUT2D eigenvalue weighted by Gasteiger charge is 2.10. The van der Waals surface area contributed by atoms with Crippen molar-refractivity contribution in [3.05, 3.63) is 35.4 Å². The minimum Gasteiger partial charge on any atom is -0.379 e. The predicted octanol–water partition coefficient (Wildman–Crippen LogP) is 1.99. The van der Waals surface area contributed by atoms with Gasteiger partial charge in [-0.25, -0.2) is 0 Å². The molecule has 1 aliphatic heterocycles. The van der Waals surface area contributed by atoms with Gasteiger partial charge in [-0.1, -0.05) is 24.3 Å². The number of morpholine rings is 1. The number of hydrogen-bond acceptors (Lipinski definition) is 3. The molecule has 1 saturated heterocycles. The Morgan fingerprint density at radius 2 is 1.69 bits per heavy atom. The molecule has 2 nitrogen and oxygen atoms in total. The van der Waals surface area contributed by atoms with Gasteiger partial charge in [0.1, 0.15) is 0 Å². The zero-order valence-corrected chi connectivity index (χ0v) is 10.5. The molecule has 1 heterocycles. The van der Waals surface area contributed by atoms with Crippen LogP contribution in [0.3, 0.4) is 0 Å². The molecule has 1 fully saturated rings. The third-order valence-corrected chi connectivity index (χ3v) is 3.16. The van der Waals surface area contributed by atoms with E-state index < -0.39 is 0 Å². The first-order valence-electron chi connectivity index (χ1n) is 5.87. The van der Waals surface area contributed by atoms with Crippen LogP contribution in [0.4, 0.5) is 0 Å². The minimum absolute atomic E-state index is 0.873. The maximum absolute atomic E-state index is 5.34. The van der Waals surface area contributed by atoms with Gasteiger partial charge in [0.2, 0.25) is 0 Å². The van der Waals surface area contributed by atoms with Gasteiger partial charge in [-0.05, 0) is 23.3 Å². The molecular weight excluding hydrogens is 218 g/mol. The van der Waals surface area contributed by atoms with Gasteiger partial charge < -0.3 is 4.74 Å². The standard InChI is InChI=1S/C13H19NOS/c16-10-5-12-1-3-13(4-2-12)11-14-6-8-15-9-7-14/h1-4,16H,5-11H2. The third kappa shape index (κ3) is 3.51. The molecule has 1 aromatic carbocycles. The summed E-state index contributed by atoms with van der Waals surface area (Å²) in [4.78, 5) is 2.44. The molecule has 0 atom stereocenters. The number of nitrogens with zero attached hydrogens (tertiary/aromatic N) is 1. The van der Waals surface area contributed by atoms with Crippen molar-refractivity contribution in [2.45, 2.75) is 13.0 Å². The van der Waals surface area contributed by atoms with Crippen molar-refractivity contribution in [2.24, 2.45) is 0 Å². The molecule has 2 rings (SSSR count). The zero-order chi connectivity index (χ0) is 11.2. The van der Waals surface area contributed by atoms with Gasteiger partial charge in [0.15, 0.2) is 0 Å². The minimum atomic E-state index is 0.873. The lowest BCUT2D eigenvalue weighted by Crippen LogP contribution is -2.35. The van der Waals surface area contributed by atoms with Crippen LogP contribution in [0.2, 0.25) is 0 Å². The van der Waals surface area contributed by atoms with Crippen LogP contribution in [0.15, 0.2) is 24.3 Å². The van der Waals surface area contributed by atoms with E-state index in [9.17, 15) is 0 Å². The maximum Gasteiger partial charge on any atom is 0.0594 e. The average molecular weight is 237 g/mol. The van der Waals surface area contributed by atoms with E-state index in [-0.39, 0.29) is 0 Å². The monoisotopic (exact) mass is 237 g/mol. The Bertz CT molecular complexity index is 306. The fraction of sp³-hybridized carbons (Fsp3) is 0.538. The number of thiol groups is 1. The number of aryl methyl sites for hydroxylation is 1. The van der Waals surface area contributed by atoms with E-state index in [1.807, 2.05) is 0 Å². The first-order valence-corrected chi connectivity index (χ1v) is 6.50. The van der Waals surface area contributed by atoms with Crippen molar-refractivity contribution in [3.8, 4) is 0 Å². The highest BCUT2D eigenvalue weighted by atomic mass is 32.1. The van der Waals surface area contributed by atoms with Crippen molar-refractivity contribution in [1.82, 2.24) is 4.90 Å². The number of benzene rings is 1. The molecule has 0 radical (unpaired) electrons. The molecule has 88 valence electrons. The highest BCUT2D eigenvalue weighted by molar-refractivity contribution is 7.80. The first kappa shape index (κ1) is 12.0. The Morgan fingerprint density at radius 3 is 2.31 bits per heavy atom. The summed E-state index contributed by atoms with van der Waals surface area (Å²) in [6.45, 7) is 4.90. The SMILES string of the molecule is SCCc1ccc(CN2CCOCC2)cc1. The Hall–Kier alpha value is -0.510. The van der Waals surface area contributed by atoms with Crippen LogP contribution < -0.4 is 0 Å². The Balaban J connectivity index is 1.88. The summed E-state index contributed by atoms with van der Waals surface area (Å²) >= 11 is 4.24. The van der Waals surface area contributed by atoms with Crippen molar-refractivity contribution < 1.29 is 4.74 Å². The van der Waals surface area contributed by atoms with E-state index in [1.54, 1.807) is 0 Å². The van der Waals surface area contributed by atoms with Crippen LogP contribution in [-0.4, -0.2) is 37.0 Å². The van der Waals surface area contributed by atoms with Gasteiger partial charge in [-0.2, -0.15) is 12.6 Å². The molecule has 3 heteroatoms. The second-order valence-electron chi connectivity index (χ2n) is 4.18. The topological polar surface area (TPSA) is 12.5 Å². The fourth-order valence-electron chi connectivity index (χ4n) is 1.96. The van der Waals surface area contributed by atoms with Crippen LogP contribution >= 0.6 is 12.6 Å². The van der Waals surface area contributed by atoms with E-state index in [1.165, 1.54) is 11.1 Å². The van der Waals surface area contributed by atoms with Crippen LogP contribution in [0, 0.1) is 0 Å². The average Bonchev–Trinajstić information content (AvgIpc) is 2.33. The van der Waals surface area contributed by atoms with Crippen LogP contribution in [-0.2, 0) is 17.7 Å². The predicted molar refractivity (Wildman–Crippen MR) is 70.1 cm³/mol. The zero-order valence-electron chi connectivity index (χ0n) is 9.56. The molecule has 0 N–H and O–H groups in total. The second-order valence-corrected chi connectivity index (χ2v) is 4.63. The summed E-state index contributed by atoms with van der Waals surface area (Å²) in [6.07, 6.45) is 1.06. The van der Waals surface area contributed by atoms with Crippen molar-refractivity contribution in [3.63, 3.8) is 0 Å². The molecule has 16 heavy (non-hydrogen) atoms. The fourth-order valence-corrected chi connectivity index (χ4v) is 2.22. The van der Waals surface area contributed by atoms with E-state index in [0.29, 0.717) is 0 Å².